The summed E-state index contributed by atoms with van der Waals surface area (Å²) in [5.74, 6) is -1.90. The fraction of sp³-hybridized carbons (Fsp3) is 0.423. The molecule has 1 fully saturated rings. The second kappa shape index (κ2) is 10.6. The van der Waals surface area contributed by atoms with E-state index in [1.807, 2.05) is 24.3 Å². The molecule has 0 atom stereocenters. The minimum atomic E-state index is -0.731. The monoisotopic (exact) mass is 441 g/mol. The first-order valence-electron chi connectivity index (χ1n) is 11.1. The highest BCUT2D eigenvalue weighted by atomic mass is 19.1. The van der Waals surface area contributed by atoms with Gasteiger partial charge in [-0.25, -0.2) is 8.78 Å². The lowest BCUT2D eigenvalue weighted by Crippen LogP contribution is -2.40. The van der Waals surface area contributed by atoms with Gasteiger partial charge in [0.1, 0.15) is 11.6 Å². The summed E-state index contributed by atoms with van der Waals surface area (Å²) < 4.78 is 27.3. The molecule has 1 amide bonds. The molecule has 1 heterocycles. The van der Waals surface area contributed by atoms with E-state index < -0.39 is 23.3 Å². The van der Waals surface area contributed by atoms with Gasteiger partial charge in [-0.15, -0.1) is 0 Å². The standard InChI is InChI=1S/C26H29F2NO3/c1-17(2)15-18-3-5-19(6-4-18)24(30)9-10-25(31)29-13-11-20(12-14-29)26(32)22-16-21(27)7-8-23(22)28/h3-8,16-17,20H,9-15H2,1-2H3. The number of ketones is 2. The van der Waals surface area contributed by atoms with Crippen LogP contribution in [0.1, 0.15) is 65.8 Å². The number of hydrogen-bond donors (Lipinski definition) is 0. The summed E-state index contributed by atoms with van der Waals surface area (Å²) in [6.45, 7) is 5.01. The molecule has 0 saturated carbocycles. The van der Waals surface area contributed by atoms with E-state index in [4.69, 9.17) is 0 Å². The summed E-state index contributed by atoms with van der Waals surface area (Å²) in [5.41, 5.74) is 1.55. The van der Waals surface area contributed by atoms with Crippen LogP contribution in [0, 0.1) is 23.5 Å². The molecule has 0 aromatic heterocycles. The summed E-state index contributed by atoms with van der Waals surface area (Å²) in [5, 5.41) is 0. The molecule has 3 rings (SSSR count). The summed E-state index contributed by atoms with van der Waals surface area (Å²) in [6.07, 6.45) is 1.99. The molecule has 1 saturated heterocycles. The number of Topliss-reactive ketones (excluding diaryl/α,β-unsaturated/α-hetero) is 2. The number of rotatable bonds is 8. The maximum Gasteiger partial charge on any atom is 0.223 e. The second-order valence-electron chi connectivity index (χ2n) is 8.86. The summed E-state index contributed by atoms with van der Waals surface area (Å²) in [6, 6.07) is 10.4. The molecule has 1 aliphatic heterocycles. The molecule has 6 heteroatoms. The van der Waals surface area contributed by atoms with E-state index in [1.54, 1.807) is 4.90 Å². The third-order valence-corrected chi connectivity index (χ3v) is 5.90. The fourth-order valence-electron chi connectivity index (χ4n) is 4.12. The third kappa shape index (κ3) is 6.09. The van der Waals surface area contributed by atoms with Gasteiger partial charge in [-0.05, 0) is 48.9 Å². The fourth-order valence-corrected chi connectivity index (χ4v) is 4.12. The Morgan fingerprint density at radius 2 is 1.62 bits per heavy atom. The van der Waals surface area contributed by atoms with Gasteiger partial charge in [-0.3, -0.25) is 14.4 Å². The Balaban J connectivity index is 1.47. The zero-order valence-corrected chi connectivity index (χ0v) is 18.6. The van der Waals surface area contributed by atoms with E-state index in [0.717, 1.165) is 24.6 Å². The van der Waals surface area contributed by atoms with Gasteiger partial charge in [0.2, 0.25) is 5.91 Å². The van der Waals surface area contributed by atoms with Gasteiger partial charge in [0.25, 0.3) is 0 Å². The lowest BCUT2D eigenvalue weighted by molar-refractivity contribution is -0.132. The lowest BCUT2D eigenvalue weighted by atomic mass is 9.88. The first kappa shape index (κ1) is 23.8. The largest absolute Gasteiger partial charge is 0.343 e. The third-order valence-electron chi connectivity index (χ3n) is 5.90. The number of nitrogens with zero attached hydrogens (tertiary/aromatic N) is 1. The number of amides is 1. The number of likely N-dealkylation sites (tertiary alicyclic amines) is 1. The molecule has 2 aromatic carbocycles. The van der Waals surface area contributed by atoms with Crippen molar-refractivity contribution in [1.82, 2.24) is 4.90 Å². The predicted octanol–water partition coefficient (Wildman–Crippen LogP) is 5.25. The van der Waals surface area contributed by atoms with Crippen molar-refractivity contribution in [2.45, 2.75) is 46.0 Å². The van der Waals surface area contributed by atoms with Crippen molar-refractivity contribution in [3.8, 4) is 0 Å². The lowest BCUT2D eigenvalue weighted by Gasteiger charge is -2.31. The molecule has 0 N–H and O–H groups in total. The van der Waals surface area contributed by atoms with Crippen LogP contribution in [0.5, 0.6) is 0 Å². The van der Waals surface area contributed by atoms with Gasteiger partial charge >= 0.3 is 0 Å². The molecule has 32 heavy (non-hydrogen) atoms. The van der Waals surface area contributed by atoms with Crippen LogP contribution in [0.25, 0.3) is 0 Å². The van der Waals surface area contributed by atoms with Crippen molar-refractivity contribution in [2.75, 3.05) is 13.1 Å². The highest BCUT2D eigenvalue weighted by Crippen LogP contribution is 2.24. The molecule has 0 radical (unpaired) electrons. The first-order valence-corrected chi connectivity index (χ1v) is 11.1. The number of benzene rings is 2. The van der Waals surface area contributed by atoms with E-state index in [9.17, 15) is 23.2 Å². The first-order chi connectivity index (χ1) is 15.2. The topological polar surface area (TPSA) is 54.5 Å². The summed E-state index contributed by atoms with van der Waals surface area (Å²) >= 11 is 0. The van der Waals surface area contributed by atoms with Crippen molar-refractivity contribution < 1.29 is 23.2 Å². The highest BCUT2D eigenvalue weighted by molar-refractivity contribution is 5.99. The van der Waals surface area contributed by atoms with Gasteiger partial charge in [0, 0.05) is 37.4 Å². The van der Waals surface area contributed by atoms with Crippen LogP contribution in [-0.4, -0.2) is 35.5 Å². The van der Waals surface area contributed by atoms with Gasteiger partial charge in [0.05, 0.1) is 5.56 Å². The van der Waals surface area contributed by atoms with E-state index in [0.29, 0.717) is 37.4 Å². The van der Waals surface area contributed by atoms with E-state index >= 15 is 0 Å². The van der Waals surface area contributed by atoms with Gasteiger partial charge < -0.3 is 4.90 Å². The van der Waals surface area contributed by atoms with Crippen LogP contribution in [0.2, 0.25) is 0 Å². The van der Waals surface area contributed by atoms with Crippen LogP contribution in [0.4, 0.5) is 8.78 Å². The summed E-state index contributed by atoms with van der Waals surface area (Å²) in [4.78, 5) is 39.2. The second-order valence-corrected chi connectivity index (χ2v) is 8.86. The Morgan fingerprint density at radius 3 is 2.25 bits per heavy atom. The molecule has 0 aliphatic carbocycles. The van der Waals surface area contributed by atoms with Crippen LogP contribution in [0.15, 0.2) is 42.5 Å². The van der Waals surface area contributed by atoms with E-state index in [1.165, 1.54) is 5.56 Å². The minimum Gasteiger partial charge on any atom is -0.343 e. The molecule has 1 aliphatic rings. The van der Waals surface area contributed by atoms with Crippen molar-refractivity contribution >= 4 is 17.5 Å². The number of halogens is 2. The Hall–Kier alpha value is -2.89. The number of piperidine rings is 1. The molecule has 170 valence electrons. The molecular weight excluding hydrogens is 412 g/mol. The zero-order valence-electron chi connectivity index (χ0n) is 18.6. The van der Waals surface area contributed by atoms with E-state index in [2.05, 4.69) is 13.8 Å². The van der Waals surface area contributed by atoms with Crippen molar-refractivity contribution in [3.05, 3.63) is 70.8 Å². The average molecular weight is 442 g/mol. The quantitative estimate of drug-likeness (QED) is 0.526. The Labute approximate surface area is 187 Å². The van der Waals surface area contributed by atoms with Crippen molar-refractivity contribution in [1.29, 1.82) is 0 Å². The van der Waals surface area contributed by atoms with Crippen LogP contribution in [-0.2, 0) is 11.2 Å². The number of hydrogen-bond acceptors (Lipinski definition) is 3. The predicted molar refractivity (Wildman–Crippen MR) is 119 cm³/mol. The van der Waals surface area contributed by atoms with Crippen molar-refractivity contribution in [3.63, 3.8) is 0 Å². The van der Waals surface area contributed by atoms with Gasteiger partial charge in [-0.1, -0.05) is 38.1 Å². The van der Waals surface area contributed by atoms with Gasteiger partial charge in [-0.2, -0.15) is 0 Å². The van der Waals surface area contributed by atoms with Gasteiger partial charge in [0.15, 0.2) is 11.6 Å². The molecular formula is C26H29F2NO3. The van der Waals surface area contributed by atoms with E-state index in [-0.39, 0.29) is 30.1 Å². The Kier molecular flexibility index (Phi) is 7.89. The maximum atomic E-state index is 13.9. The smallest absolute Gasteiger partial charge is 0.223 e. The molecule has 2 aromatic rings. The highest BCUT2D eigenvalue weighted by Gasteiger charge is 2.29. The normalized spacial score (nSPS) is 14.6. The molecule has 0 bridgehead atoms. The number of carbonyl (C=O) groups excluding carboxylic acids is 3. The molecule has 4 nitrogen and oxygen atoms in total. The molecule has 0 spiro atoms. The zero-order chi connectivity index (χ0) is 23.3. The molecule has 0 unspecified atom stereocenters. The Morgan fingerprint density at radius 1 is 0.969 bits per heavy atom. The summed E-state index contributed by atoms with van der Waals surface area (Å²) in [7, 11) is 0. The van der Waals surface area contributed by atoms with Crippen LogP contribution < -0.4 is 0 Å². The van der Waals surface area contributed by atoms with Crippen LogP contribution >= 0.6 is 0 Å². The van der Waals surface area contributed by atoms with Crippen molar-refractivity contribution in [2.24, 2.45) is 11.8 Å². The van der Waals surface area contributed by atoms with Crippen LogP contribution in [0.3, 0.4) is 0 Å². The minimum absolute atomic E-state index is 0.0684. The maximum absolute atomic E-state index is 13.9. The Bertz CT molecular complexity index is 977. The SMILES string of the molecule is CC(C)Cc1ccc(C(=O)CCC(=O)N2CCC(C(=O)c3cc(F)ccc3F)CC2)cc1. The number of carbonyl (C=O) groups is 3. The average Bonchev–Trinajstić information content (AvgIpc) is 2.78.